The first-order valence-electron chi connectivity index (χ1n) is 4.27. The summed E-state index contributed by atoms with van der Waals surface area (Å²) >= 11 is 0. The van der Waals surface area contributed by atoms with Crippen molar-refractivity contribution in [2.75, 3.05) is 0 Å². The number of aliphatic carboxylic acids is 2. The molecule has 0 fully saturated rings. The van der Waals surface area contributed by atoms with Crippen LogP contribution < -0.4 is 5.73 Å². The third kappa shape index (κ3) is 6.36. The van der Waals surface area contributed by atoms with Gasteiger partial charge < -0.3 is 15.9 Å². The van der Waals surface area contributed by atoms with Gasteiger partial charge in [-0.2, -0.15) is 0 Å². The van der Waals surface area contributed by atoms with Gasteiger partial charge in [0.25, 0.3) is 0 Å². The van der Waals surface area contributed by atoms with Crippen LogP contribution in [0.1, 0.15) is 25.7 Å². The summed E-state index contributed by atoms with van der Waals surface area (Å²) in [6.45, 7) is 0. The van der Waals surface area contributed by atoms with Crippen LogP contribution in [-0.4, -0.2) is 34.4 Å². The van der Waals surface area contributed by atoms with Crippen LogP contribution in [0.5, 0.6) is 0 Å². The van der Waals surface area contributed by atoms with E-state index in [-0.39, 0.29) is 25.7 Å². The van der Waals surface area contributed by atoms with Gasteiger partial charge in [0.15, 0.2) is 0 Å². The Morgan fingerprint density at radius 1 is 1.21 bits per heavy atom. The van der Waals surface area contributed by atoms with Crippen LogP contribution in [0.15, 0.2) is 0 Å². The maximum Gasteiger partial charge on any atom is 0.320 e. The number of rotatable bonds is 7. The molecule has 0 aliphatic carbocycles. The average Bonchev–Trinajstić information content (AvgIpc) is 2.10. The van der Waals surface area contributed by atoms with Crippen LogP contribution in [0.3, 0.4) is 0 Å². The molecule has 0 aliphatic heterocycles. The van der Waals surface area contributed by atoms with E-state index >= 15 is 0 Å². The third-order valence-electron chi connectivity index (χ3n) is 1.78. The number of carbonyl (C=O) groups is 2. The van der Waals surface area contributed by atoms with E-state index in [4.69, 9.17) is 15.9 Å². The Hall–Kier alpha value is -1.17. The predicted molar refractivity (Wildman–Crippen MR) is 46.6 cm³/mol. The van der Waals surface area contributed by atoms with Crippen molar-refractivity contribution in [2.24, 2.45) is 5.73 Å². The second-order valence-electron chi connectivity index (χ2n) is 3.05. The van der Waals surface area contributed by atoms with Gasteiger partial charge in [-0.1, -0.05) is 0 Å². The molecule has 6 heteroatoms. The first-order valence-corrected chi connectivity index (χ1v) is 4.27. The Morgan fingerprint density at radius 2 is 1.79 bits per heavy atom. The number of hydrogen-bond donors (Lipinski definition) is 3. The molecule has 5 nitrogen and oxygen atoms in total. The molecule has 0 aliphatic rings. The van der Waals surface area contributed by atoms with Gasteiger partial charge in [0.05, 0.1) is 0 Å². The van der Waals surface area contributed by atoms with Crippen molar-refractivity contribution >= 4 is 11.9 Å². The van der Waals surface area contributed by atoms with Crippen LogP contribution in [-0.2, 0) is 9.59 Å². The topological polar surface area (TPSA) is 101 Å². The fraction of sp³-hybridized carbons (Fsp3) is 0.750. The number of halogens is 1. The third-order valence-corrected chi connectivity index (χ3v) is 1.78. The van der Waals surface area contributed by atoms with Gasteiger partial charge in [-0.25, -0.2) is 4.39 Å². The van der Waals surface area contributed by atoms with Crippen molar-refractivity contribution in [2.45, 2.75) is 37.9 Å². The lowest BCUT2D eigenvalue weighted by Gasteiger charge is -2.08. The first-order chi connectivity index (χ1) is 6.43. The molecule has 0 heterocycles. The molecule has 0 radical (unpaired) electrons. The average molecular weight is 206 g/mol. The highest BCUT2D eigenvalue weighted by atomic mass is 18.2. The lowest BCUT2D eigenvalue weighted by atomic mass is 10.1. The van der Waals surface area contributed by atoms with E-state index in [0.717, 1.165) is 0 Å². The fourth-order valence-electron chi connectivity index (χ4n) is 0.908. The van der Waals surface area contributed by atoms with Gasteiger partial charge in [-0.3, -0.25) is 9.59 Å². The summed E-state index contributed by atoms with van der Waals surface area (Å²) in [6.07, 6.45) is -1.63. The van der Waals surface area contributed by atoms with Gasteiger partial charge in [0, 0.05) is 6.42 Å². The van der Waals surface area contributed by atoms with Gasteiger partial charge in [0.2, 0.25) is 0 Å². The summed E-state index contributed by atoms with van der Waals surface area (Å²) in [5, 5.41) is 16.6. The monoisotopic (exact) mass is 206 g/mol. The highest BCUT2D eigenvalue weighted by Gasteiger charge is 2.15. The quantitative estimate of drug-likeness (QED) is 0.559. The van der Waals surface area contributed by atoms with E-state index in [9.17, 15) is 14.0 Å². The molecule has 0 amide bonds. The number of carboxylic acid groups (broad SMARTS) is 2. The van der Waals surface area contributed by atoms with Gasteiger partial charge in [-0.05, 0) is 19.3 Å². The predicted octanol–water partition coefficient (Wildman–Crippen LogP) is 0.381. The van der Waals surface area contributed by atoms with Crippen molar-refractivity contribution in [1.82, 2.24) is 0 Å². The lowest BCUT2D eigenvalue weighted by Crippen LogP contribution is -2.30. The van der Waals surface area contributed by atoms with E-state index in [1.807, 2.05) is 0 Å². The Bertz CT molecular complexity index is 210. The van der Waals surface area contributed by atoms with Crippen molar-refractivity contribution in [3.8, 4) is 0 Å². The molecule has 0 aromatic heterocycles. The molecule has 2 atom stereocenters. The largest absolute Gasteiger partial charge is 0.481 e. The minimum absolute atomic E-state index is 0.0131. The SMILES string of the molecule is N[C@@H](CC[C@@H]([18F])CCC(=O)O)C(=O)O. The summed E-state index contributed by atoms with van der Waals surface area (Å²) < 4.78 is 12.9. The van der Waals surface area contributed by atoms with Crippen molar-refractivity contribution < 1.29 is 24.2 Å². The molecule has 4 N–H and O–H groups in total. The molecule has 0 saturated heterocycles. The van der Waals surface area contributed by atoms with Crippen LogP contribution in [0, 0.1) is 0 Å². The minimum atomic E-state index is -1.29. The molecule has 0 bridgehead atoms. The van der Waals surface area contributed by atoms with Crippen LogP contribution in [0.25, 0.3) is 0 Å². The molecule has 0 aromatic rings. The summed E-state index contributed by atoms with van der Waals surface area (Å²) in [5.41, 5.74) is 5.14. The fourth-order valence-corrected chi connectivity index (χ4v) is 0.908. The molecule has 0 aromatic carbocycles. The number of alkyl halides is 1. The van der Waals surface area contributed by atoms with Crippen LogP contribution >= 0.6 is 0 Å². The summed E-state index contributed by atoms with van der Waals surface area (Å²) in [6, 6.07) is -1.07. The molecule has 14 heavy (non-hydrogen) atoms. The van der Waals surface area contributed by atoms with Gasteiger partial charge in [-0.15, -0.1) is 0 Å². The van der Waals surface area contributed by atoms with E-state index in [0.29, 0.717) is 0 Å². The second kappa shape index (κ2) is 6.31. The van der Waals surface area contributed by atoms with E-state index in [2.05, 4.69) is 0 Å². The zero-order valence-corrected chi connectivity index (χ0v) is 7.65. The molecule has 0 saturated carbocycles. The Kier molecular flexibility index (Phi) is 5.78. The summed E-state index contributed by atoms with van der Waals surface area (Å²) in [5.74, 6) is -2.23. The Balaban J connectivity index is 3.58. The second-order valence-corrected chi connectivity index (χ2v) is 3.05. The highest BCUT2D eigenvalue weighted by molar-refractivity contribution is 5.72. The number of nitrogens with two attached hydrogens (primary N) is 1. The standard InChI is InChI=1S/C8H14FNO4/c9-5(2-4-7(11)12)1-3-6(10)8(13)14/h5-6H,1-4,10H2,(H,11,12)(H,13,14)/t5-,6+/m1/s1/i9-1. The minimum Gasteiger partial charge on any atom is -0.481 e. The maximum atomic E-state index is 12.9. The van der Waals surface area contributed by atoms with Gasteiger partial charge in [0.1, 0.15) is 12.2 Å². The van der Waals surface area contributed by atoms with Crippen molar-refractivity contribution in [1.29, 1.82) is 0 Å². The summed E-state index contributed by atoms with van der Waals surface area (Å²) in [7, 11) is 0. The maximum absolute atomic E-state index is 12.9. The molecular formula is C8H14FNO4. The van der Waals surface area contributed by atoms with Crippen LogP contribution in [0.2, 0.25) is 0 Å². The molecule has 82 valence electrons. The number of hydrogen-bond acceptors (Lipinski definition) is 3. The van der Waals surface area contributed by atoms with Gasteiger partial charge >= 0.3 is 11.9 Å². The normalized spacial score (nSPS) is 14.7. The van der Waals surface area contributed by atoms with E-state index < -0.39 is 24.2 Å². The molecule has 0 unspecified atom stereocenters. The highest BCUT2D eigenvalue weighted by Crippen LogP contribution is 2.10. The zero-order valence-electron chi connectivity index (χ0n) is 7.65. The van der Waals surface area contributed by atoms with E-state index in [1.54, 1.807) is 0 Å². The molecular weight excluding hydrogens is 192 g/mol. The Labute approximate surface area is 80.7 Å². The smallest absolute Gasteiger partial charge is 0.320 e. The summed E-state index contributed by atoms with van der Waals surface area (Å²) in [4.78, 5) is 20.3. The molecule has 0 rings (SSSR count). The van der Waals surface area contributed by atoms with Crippen molar-refractivity contribution in [3.63, 3.8) is 0 Å². The lowest BCUT2D eigenvalue weighted by molar-refractivity contribution is -0.139. The Morgan fingerprint density at radius 3 is 2.21 bits per heavy atom. The van der Waals surface area contributed by atoms with Crippen LogP contribution in [0.4, 0.5) is 4.39 Å². The number of carboxylic acids is 2. The molecule has 0 spiro atoms. The zero-order chi connectivity index (χ0) is 11.1. The van der Waals surface area contributed by atoms with E-state index in [1.165, 1.54) is 0 Å². The first kappa shape index (κ1) is 12.8. The van der Waals surface area contributed by atoms with Crippen molar-refractivity contribution in [3.05, 3.63) is 0 Å².